The predicted octanol–water partition coefficient (Wildman–Crippen LogP) is 5.56. The Morgan fingerprint density at radius 1 is 0.935 bits per heavy atom. The molecule has 1 aromatic rings. The van der Waals surface area contributed by atoms with Gasteiger partial charge in [0, 0.05) is 5.56 Å². The highest BCUT2D eigenvalue weighted by Gasteiger charge is 2.74. The Balaban J connectivity index is 2.35. The minimum atomic E-state index is -2.27. The van der Waals surface area contributed by atoms with Crippen LogP contribution >= 0.6 is 0 Å². The number of aliphatic hydroxyl groups is 1. The van der Waals surface area contributed by atoms with Crippen LogP contribution in [0.4, 0.5) is 22.0 Å². The van der Waals surface area contributed by atoms with Crippen LogP contribution < -0.4 is 0 Å². The highest BCUT2D eigenvalue weighted by Crippen LogP contribution is 2.74. The van der Waals surface area contributed by atoms with E-state index in [2.05, 4.69) is 0 Å². The number of carbonyl (C=O) groups is 1. The minimum absolute atomic E-state index is 0.115. The molecular weight excluding hydrogens is 419 g/mol. The fourth-order valence-electron chi connectivity index (χ4n) is 5.52. The second kappa shape index (κ2) is 6.65. The molecule has 0 spiro atoms. The van der Waals surface area contributed by atoms with Gasteiger partial charge in [-0.25, -0.2) is 22.0 Å². The van der Waals surface area contributed by atoms with Gasteiger partial charge in [0.2, 0.25) is 5.82 Å². The monoisotopic (exact) mass is 448 g/mol. The molecule has 2 aliphatic rings. The van der Waals surface area contributed by atoms with Gasteiger partial charge in [0.1, 0.15) is 11.0 Å². The first kappa shape index (κ1) is 24.0. The summed E-state index contributed by atoms with van der Waals surface area (Å²) in [5, 5.41) is 10.4. The zero-order valence-electron chi connectivity index (χ0n) is 18.9. The molecule has 3 atom stereocenters. The van der Waals surface area contributed by atoms with Crippen molar-refractivity contribution in [3.8, 4) is 0 Å². The summed E-state index contributed by atoms with van der Waals surface area (Å²) in [7, 11) is 0. The largest absolute Gasteiger partial charge is 0.456 e. The van der Waals surface area contributed by atoms with Crippen molar-refractivity contribution >= 4 is 5.97 Å². The van der Waals surface area contributed by atoms with Gasteiger partial charge in [0.15, 0.2) is 23.3 Å². The van der Waals surface area contributed by atoms with Gasteiger partial charge in [-0.2, -0.15) is 0 Å². The molecule has 2 fully saturated rings. The molecule has 0 unspecified atom stereocenters. The summed E-state index contributed by atoms with van der Waals surface area (Å²) in [6.45, 7) is 11.0. The summed E-state index contributed by atoms with van der Waals surface area (Å²) < 4.78 is 78.0. The van der Waals surface area contributed by atoms with E-state index in [1.54, 1.807) is 6.92 Å². The molecule has 0 heterocycles. The van der Waals surface area contributed by atoms with Crippen molar-refractivity contribution in [1.82, 2.24) is 0 Å². The van der Waals surface area contributed by atoms with Crippen LogP contribution in [0.2, 0.25) is 0 Å². The summed E-state index contributed by atoms with van der Waals surface area (Å²) in [6, 6.07) is 0. The first-order valence-corrected chi connectivity index (χ1v) is 10.3. The van der Waals surface area contributed by atoms with Gasteiger partial charge in [-0.3, -0.25) is 4.79 Å². The number of rotatable bonds is 4. The van der Waals surface area contributed by atoms with Crippen LogP contribution in [0.25, 0.3) is 0 Å². The first-order chi connectivity index (χ1) is 13.9. The SMILES string of the molecule is CC(C)(O)C(C)(C)OC(=O)[C@@]1(c2c(F)c(F)c(F)c(F)c2F)C[C@@H]2CC[C@]1(C)C2(C)C. The van der Waals surface area contributed by atoms with Gasteiger partial charge in [-0.1, -0.05) is 20.8 Å². The number of fused-ring (bicyclic) bond motifs is 2. The number of hydrogen-bond acceptors (Lipinski definition) is 3. The fraction of sp³-hybridized carbons (Fsp3) is 0.696. The quantitative estimate of drug-likeness (QED) is 0.284. The van der Waals surface area contributed by atoms with Crippen LogP contribution in [-0.2, 0) is 14.9 Å². The van der Waals surface area contributed by atoms with E-state index in [1.165, 1.54) is 27.7 Å². The third-order valence-electron chi connectivity index (χ3n) is 8.74. The molecule has 0 aliphatic heterocycles. The van der Waals surface area contributed by atoms with E-state index >= 15 is 8.78 Å². The van der Waals surface area contributed by atoms with Gasteiger partial charge in [-0.05, 0) is 63.7 Å². The summed E-state index contributed by atoms with van der Waals surface area (Å²) in [5.41, 5.74) is -8.05. The number of carbonyl (C=O) groups excluding carboxylic acids is 1. The average molecular weight is 448 g/mol. The van der Waals surface area contributed by atoms with Crippen LogP contribution in [0.5, 0.6) is 0 Å². The molecule has 3 nitrogen and oxygen atoms in total. The molecule has 174 valence electrons. The summed E-state index contributed by atoms with van der Waals surface area (Å²) in [4.78, 5) is 13.7. The Hall–Kier alpha value is -1.70. The van der Waals surface area contributed by atoms with E-state index in [4.69, 9.17) is 4.74 Å². The van der Waals surface area contributed by atoms with E-state index < -0.39 is 68.1 Å². The summed E-state index contributed by atoms with van der Waals surface area (Å²) >= 11 is 0. The van der Waals surface area contributed by atoms with Gasteiger partial charge >= 0.3 is 5.97 Å². The van der Waals surface area contributed by atoms with Gasteiger partial charge in [-0.15, -0.1) is 0 Å². The van der Waals surface area contributed by atoms with Crippen LogP contribution in [-0.4, -0.2) is 22.3 Å². The number of hydrogen-bond donors (Lipinski definition) is 1. The molecule has 0 radical (unpaired) electrons. The maximum absolute atomic E-state index is 15.1. The van der Waals surface area contributed by atoms with Gasteiger partial charge < -0.3 is 9.84 Å². The third kappa shape index (κ3) is 2.82. The molecule has 2 aliphatic carbocycles. The predicted molar refractivity (Wildman–Crippen MR) is 104 cm³/mol. The van der Waals surface area contributed by atoms with Crippen molar-refractivity contribution in [2.45, 2.75) is 84.3 Å². The molecule has 2 saturated carbocycles. The lowest BCUT2D eigenvalue weighted by Gasteiger charge is -2.49. The topological polar surface area (TPSA) is 46.5 Å². The smallest absolute Gasteiger partial charge is 0.318 e. The maximum Gasteiger partial charge on any atom is 0.318 e. The lowest BCUT2D eigenvalue weighted by molar-refractivity contribution is -0.193. The van der Waals surface area contributed by atoms with Crippen LogP contribution in [0.15, 0.2) is 0 Å². The second-order valence-electron chi connectivity index (χ2n) is 10.8. The van der Waals surface area contributed by atoms with E-state index in [9.17, 15) is 23.1 Å². The van der Waals surface area contributed by atoms with Crippen molar-refractivity contribution in [2.24, 2.45) is 16.7 Å². The number of halogens is 5. The molecule has 0 amide bonds. The molecule has 2 bridgehead atoms. The summed E-state index contributed by atoms with van der Waals surface area (Å²) in [6.07, 6.45) is 0.890. The molecular formula is C23H29F5O3. The summed E-state index contributed by atoms with van der Waals surface area (Å²) in [5.74, 6) is -11.8. The van der Waals surface area contributed by atoms with Crippen LogP contribution in [0.1, 0.15) is 73.3 Å². The Morgan fingerprint density at radius 2 is 1.39 bits per heavy atom. The van der Waals surface area contributed by atoms with Crippen LogP contribution in [0.3, 0.4) is 0 Å². The van der Waals surface area contributed by atoms with E-state index in [-0.39, 0.29) is 12.3 Å². The van der Waals surface area contributed by atoms with Crippen molar-refractivity contribution in [1.29, 1.82) is 0 Å². The minimum Gasteiger partial charge on any atom is -0.456 e. The molecule has 1 N–H and O–H groups in total. The Morgan fingerprint density at radius 3 is 1.74 bits per heavy atom. The van der Waals surface area contributed by atoms with E-state index in [0.29, 0.717) is 12.8 Å². The molecule has 0 aromatic heterocycles. The highest BCUT2D eigenvalue weighted by atomic mass is 19.2. The first-order valence-electron chi connectivity index (χ1n) is 10.3. The zero-order valence-corrected chi connectivity index (χ0v) is 18.9. The van der Waals surface area contributed by atoms with E-state index in [1.807, 2.05) is 13.8 Å². The standard InChI is InChI=1S/C23H29F5O3/c1-19(2)11-8-9-22(19,7)23(10-11,18(29)31-21(5,6)20(3,4)30)12-13(24)15(26)17(28)16(27)14(12)25/h11,30H,8-10H2,1-7H3/t11-,22+,23-/m0/s1. The Labute approximate surface area is 179 Å². The second-order valence-corrected chi connectivity index (χ2v) is 10.8. The molecule has 1 aromatic carbocycles. The third-order valence-corrected chi connectivity index (χ3v) is 8.74. The Bertz CT molecular complexity index is 921. The van der Waals surface area contributed by atoms with Crippen LogP contribution in [0, 0.1) is 45.8 Å². The number of benzene rings is 1. The van der Waals surface area contributed by atoms with E-state index in [0.717, 1.165) is 0 Å². The van der Waals surface area contributed by atoms with Gasteiger partial charge in [0.05, 0.1) is 5.60 Å². The average Bonchev–Trinajstić information content (AvgIpc) is 2.96. The fourth-order valence-corrected chi connectivity index (χ4v) is 5.52. The normalized spacial score (nSPS) is 30.0. The van der Waals surface area contributed by atoms with Crippen molar-refractivity contribution < 1.29 is 36.6 Å². The Kier molecular flexibility index (Phi) is 5.14. The lowest BCUT2D eigenvalue weighted by atomic mass is 9.55. The van der Waals surface area contributed by atoms with Gasteiger partial charge in [0.25, 0.3) is 0 Å². The zero-order chi connectivity index (χ0) is 23.9. The lowest BCUT2D eigenvalue weighted by Crippen LogP contribution is -2.57. The molecule has 0 saturated heterocycles. The molecule has 3 rings (SSSR count). The molecule has 31 heavy (non-hydrogen) atoms. The number of esters is 1. The van der Waals surface area contributed by atoms with Crippen molar-refractivity contribution in [3.63, 3.8) is 0 Å². The molecule has 8 heteroatoms. The van der Waals surface area contributed by atoms with Crippen molar-refractivity contribution in [2.75, 3.05) is 0 Å². The van der Waals surface area contributed by atoms with Crippen molar-refractivity contribution in [3.05, 3.63) is 34.6 Å². The maximum atomic E-state index is 15.1. The highest BCUT2D eigenvalue weighted by molar-refractivity contribution is 5.86. The number of ether oxygens (including phenoxy) is 1.